The second-order valence-corrected chi connectivity index (χ2v) is 5.94. The molecule has 1 saturated carbocycles. The van der Waals surface area contributed by atoms with Crippen LogP contribution in [0.2, 0.25) is 0 Å². The highest BCUT2D eigenvalue weighted by molar-refractivity contribution is 5.31. The van der Waals surface area contributed by atoms with Crippen LogP contribution < -0.4 is 0 Å². The zero-order chi connectivity index (χ0) is 11.1. The van der Waals surface area contributed by atoms with Gasteiger partial charge in [-0.15, -0.1) is 0 Å². The van der Waals surface area contributed by atoms with E-state index in [9.17, 15) is 0 Å². The van der Waals surface area contributed by atoms with Gasteiger partial charge in [0.15, 0.2) is 0 Å². The van der Waals surface area contributed by atoms with Crippen LogP contribution in [-0.4, -0.2) is 0 Å². The van der Waals surface area contributed by atoms with Gasteiger partial charge in [-0.1, -0.05) is 57.0 Å². The SMILES string of the molecule is Cc1ccc(C2(C)CCCC2(C)C)cc1. The van der Waals surface area contributed by atoms with E-state index in [0.29, 0.717) is 10.8 Å². The molecule has 0 aromatic heterocycles. The van der Waals surface area contributed by atoms with Gasteiger partial charge < -0.3 is 0 Å². The molecule has 15 heavy (non-hydrogen) atoms. The van der Waals surface area contributed by atoms with E-state index in [-0.39, 0.29) is 0 Å². The van der Waals surface area contributed by atoms with Crippen molar-refractivity contribution in [1.29, 1.82) is 0 Å². The molecule has 0 bridgehead atoms. The predicted molar refractivity (Wildman–Crippen MR) is 66.2 cm³/mol. The maximum atomic E-state index is 2.44. The van der Waals surface area contributed by atoms with Crippen molar-refractivity contribution in [1.82, 2.24) is 0 Å². The molecule has 0 aliphatic heterocycles. The van der Waals surface area contributed by atoms with Crippen molar-refractivity contribution in [3.63, 3.8) is 0 Å². The molecule has 1 aromatic carbocycles. The normalized spacial score (nSPS) is 29.3. The van der Waals surface area contributed by atoms with E-state index in [1.165, 1.54) is 30.4 Å². The number of hydrogen-bond donors (Lipinski definition) is 0. The largest absolute Gasteiger partial charge is 0.0591 e. The minimum atomic E-state index is 0.376. The molecule has 1 aromatic rings. The van der Waals surface area contributed by atoms with E-state index in [1.54, 1.807) is 0 Å². The van der Waals surface area contributed by atoms with Gasteiger partial charge in [0.05, 0.1) is 0 Å². The summed E-state index contributed by atoms with van der Waals surface area (Å²) in [7, 11) is 0. The Kier molecular flexibility index (Phi) is 2.41. The van der Waals surface area contributed by atoms with E-state index in [0.717, 1.165) is 0 Å². The fraction of sp³-hybridized carbons (Fsp3) is 0.600. The molecule has 0 radical (unpaired) electrons. The maximum absolute atomic E-state index is 2.44. The van der Waals surface area contributed by atoms with Gasteiger partial charge in [0.2, 0.25) is 0 Å². The summed E-state index contributed by atoms with van der Waals surface area (Å²) < 4.78 is 0. The molecular weight excluding hydrogens is 180 g/mol. The topological polar surface area (TPSA) is 0 Å². The van der Waals surface area contributed by atoms with E-state index < -0.39 is 0 Å². The lowest BCUT2D eigenvalue weighted by atomic mass is 9.65. The average Bonchev–Trinajstić information content (AvgIpc) is 2.43. The second kappa shape index (κ2) is 3.37. The molecule has 0 N–H and O–H groups in total. The van der Waals surface area contributed by atoms with Gasteiger partial charge in [-0.25, -0.2) is 0 Å². The first-order valence-corrected chi connectivity index (χ1v) is 6.03. The molecule has 82 valence electrons. The standard InChI is InChI=1S/C15H22/c1-12-6-8-13(9-7-12)15(4)11-5-10-14(15,2)3/h6-9H,5,10-11H2,1-4H3. The molecule has 1 fully saturated rings. The van der Waals surface area contributed by atoms with Crippen molar-refractivity contribution in [3.8, 4) is 0 Å². The van der Waals surface area contributed by atoms with Crippen molar-refractivity contribution in [3.05, 3.63) is 35.4 Å². The quantitative estimate of drug-likeness (QED) is 0.630. The van der Waals surface area contributed by atoms with Gasteiger partial charge in [0.25, 0.3) is 0 Å². The number of rotatable bonds is 1. The van der Waals surface area contributed by atoms with Gasteiger partial charge in [-0.2, -0.15) is 0 Å². The summed E-state index contributed by atoms with van der Waals surface area (Å²) in [5.41, 5.74) is 3.71. The van der Waals surface area contributed by atoms with Crippen LogP contribution in [0.15, 0.2) is 24.3 Å². The van der Waals surface area contributed by atoms with Crippen LogP contribution in [0.3, 0.4) is 0 Å². The van der Waals surface area contributed by atoms with E-state index in [1.807, 2.05) is 0 Å². The van der Waals surface area contributed by atoms with E-state index in [4.69, 9.17) is 0 Å². The lowest BCUT2D eigenvalue weighted by Gasteiger charge is -2.39. The monoisotopic (exact) mass is 202 g/mol. The molecule has 0 nitrogen and oxygen atoms in total. The minimum absolute atomic E-state index is 0.376. The fourth-order valence-corrected chi connectivity index (χ4v) is 2.95. The maximum Gasteiger partial charge on any atom is -0.00241 e. The Morgan fingerprint density at radius 3 is 2.00 bits per heavy atom. The summed E-state index contributed by atoms with van der Waals surface area (Å²) in [6.07, 6.45) is 4.07. The van der Waals surface area contributed by atoms with Crippen LogP contribution >= 0.6 is 0 Å². The smallest absolute Gasteiger partial charge is 0.00241 e. The molecule has 1 aliphatic carbocycles. The molecule has 2 rings (SSSR count). The molecule has 0 amide bonds. The van der Waals surface area contributed by atoms with Crippen molar-refractivity contribution < 1.29 is 0 Å². The van der Waals surface area contributed by atoms with Crippen molar-refractivity contribution in [2.75, 3.05) is 0 Å². The highest BCUT2D eigenvalue weighted by Crippen LogP contribution is 2.53. The van der Waals surface area contributed by atoms with Gasteiger partial charge in [-0.05, 0) is 36.2 Å². The van der Waals surface area contributed by atoms with Crippen LogP contribution in [0.5, 0.6) is 0 Å². The number of benzene rings is 1. The van der Waals surface area contributed by atoms with Crippen LogP contribution in [0.1, 0.15) is 51.2 Å². The fourth-order valence-electron chi connectivity index (χ4n) is 2.95. The summed E-state index contributed by atoms with van der Waals surface area (Å²) in [6.45, 7) is 9.43. The third-order valence-electron chi connectivity index (χ3n) is 4.66. The predicted octanol–water partition coefficient (Wildman–Crippen LogP) is 4.46. The molecule has 0 heteroatoms. The number of hydrogen-bond acceptors (Lipinski definition) is 0. The zero-order valence-electron chi connectivity index (χ0n) is 10.4. The van der Waals surface area contributed by atoms with Gasteiger partial charge in [0.1, 0.15) is 0 Å². The minimum Gasteiger partial charge on any atom is -0.0591 e. The van der Waals surface area contributed by atoms with Crippen molar-refractivity contribution in [2.24, 2.45) is 5.41 Å². The summed E-state index contributed by atoms with van der Waals surface area (Å²) in [5.74, 6) is 0. The molecular formula is C15H22. The lowest BCUT2D eigenvalue weighted by molar-refractivity contribution is 0.225. The third kappa shape index (κ3) is 1.60. The van der Waals surface area contributed by atoms with Gasteiger partial charge >= 0.3 is 0 Å². The Morgan fingerprint density at radius 1 is 0.933 bits per heavy atom. The van der Waals surface area contributed by atoms with E-state index in [2.05, 4.69) is 52.0 Å². The van der Waals surface area contributed by atoms with Crippen molar-refractivity contribution in [2.45, 2.75) is 52.4 Å². The Labute approximate surface area is 93.7 Å². The Morgan fingerprint density at radius 2 is 1.53 bits per heavy atom. The highest BCUT2D eigenvalue weighted by Gasteiger charge is 2.45. The summed E-state index contributed by atoms with van der Waals surface area (Å²) in [6, 6.07) is 9.13. The molecule has 1 unspecified atom stereocenters. The summed E-state index contributed by atoms with van der Waals surface area (Å²) in [4.78, 5) is 0. The first kappa shape index (κ1) is 10.7. The van der Waals surface area contributed by atoms with Crippen LogP contribution in [0, 0.1) is 12.3 Å². The average molecular weight is 202 g/mol. The molecule has 1 aliphatic rings. The first-order valence-electron chi connectivity index (χ1n) is 6.03. The van der Waals surface area contributed by atoms with E-state index >= 15 is 0 Å². The van der Waals surface area contributed by atoms with Crippen LogP contribution in [0.25, 0.3) is 0 Å². The first-order chi connectivity index (χ1) is 6.96. The second-order valence-electron chi connectivity index (χ2n) is 5.94. The number of aryl methyl sites for hydroxylation is 1. The highest BCUT2D eigenvalue weighted by atomic mass is 14.5. The zero-order valence-corrected chi connectivity index (χ0v) is 10.4. The molecule has 0 spiro atoms. The molecule has 1 atom stereocenters. The lowest BCUT2D eigenvalue weighted by Crippen LogP contribution is -2.33. The molecule has 0 heterocycles. The van der Waals surface area contributed by atoms with Crippen LogP contribution in [-0.2, 0) is 5.41 Å². The Balaban J connectivity index is 2.41. The Hall–Kier alpha value is -0.780. The van der Waals surface area contributed by atoms with Crippen LogP contribution in [0.4, 0.5) is 0 Å². The molecule has 0 saturated heterocycles. The van der Waals surface area contributed by atoms with Gasteiger partial charge in [-0.3, -0.25) is 0 Å². The third-order valence-corrected chi connectivity index (χ3v) is 4.66. The van der Waals surface area contributed by atoms with Gasteiger partial charge in [0, 0.05) is 0 Å². The summed E-state index contributed by atoms with van der Waals surface area (Å²) >= 11 is 0. The summed E-state index contributed by atoms with van der Waals surface area (Å²) in [5, 5.41) is 0. The van der Waals surface area contributed by atoms with Crippen molar-refractivity contribution >= 4 is 0 Å². The Bertz CT molecular complexity index is 345.